The summed E-state index contributed by atoms with van der Waals surface area (Å²) in [6.45, 7) is 3.11. The first-order valence-corrected chi connectivity index (χ1v) is 10.2. The van der Waals surface area contributed by atoms with Crippen molar-refractivity contribution in [3.05, 3.63) is 24.3 Å². The van der Waals surface area contributed by atoms with Crippen LogP contribution in [0, 0.1) is 0 Å². The first kappa shape index (κ1) is 21.3. The number of benzene rings is 1. The molecule has 0 spiro atoms. The van der Waals surface area contributed by atoms with Gasteiger partial charge >= 0.3 is 11.9 Å². The van der Waals surface area contributed by atoms with Gasteiger partial charge in [0.15, 0.2) is 5.12 Å². The summed E-state index contributed by atoms with van der Waals surface area (Å²) >= 11 is 2.55. The van der Waals surface area contributed by atoms with Crippen molar-refractivity contribution >= 4 is 46.5 Å². The SMILES string of the molecule is CC(=O)Oc1ccc(S[C@H]2C[C@@H](C(=O)O)N(C(=O)CCSC(C)=O)C2)cc1. The number of hydrogen-bond acceptors (Lipinski definition) is 7. The number of carboxylic acid groups (broad SMARTS) is 1. The Labute approximate surface area is 165 Å². The van der Waals surface area contributed by atoms with Gasteiger partial charge in [-0.05, 0) is 30.7 Å². The van der Waals surface area contributed by atoms with Crippen molar-refractivity contribution in [3.8, 4) is 5.75 Å². The van der Waals surface area contributed by atoms with Crippen molar-refractivity contribution < 1.29 is 29.0 Å². The van der Waals surface area contributed by atoms with Crippen molar-refractivity contribution in [2.75, 3.05) is 12.3 Å². The first-order chi connectivity index (χ1) is 12.8. The summed E-state index contributed by atoms with van der Waals surface area (Å²) < 4.78 is 4.99. The Morgan fingerprint density at radius 3 is 2.41 bits per heavy atom. The summed E-state index contributed by atoms with van der Waals surface area (Å²) in [6.07, 6.45) is 0.500. The van der Waals surface area contributed by atoms with Crippen LogP contribution in [0.5, 0.6) is 5.75 Å². The standard InChI is InChI=1S/C18H21NO6S2/c1-11(20)25-13-3-5-14(6-4-13)27-15-9-16(18(23)24)19(10-15)17(22)7-8-26-12(2)21/h3-6,15-16H,7-10H2,1-2H3,(H,23,24)/t15-,16-/m0/s1. The van der Waals surface area contributed by atoms with Gasteiger partial charge in [0.05, 0.1) is 0 Å². The van der Waals surface area contributed by atoms with Crippen LogP contribution in [-0.4, -0.2) is 56.6 Å². The Balaban J connectivity index is 1.96. The van der Waals surface area contributed by atoms with E-state index in [2.05, 4.69) is 0 Å². The van der Waals surface area contributed by atoms with E-state index in [0.717, 1.165) is 16.7 Å². The number of carbonyl (C=O) groups is 4. The quantitative estimate of drug-likeness (QED) is 0.539. The summed E-state index contributed by atoms with van der Waals surface area (Å²) in [4.78, 5) is 48.1. The van der Waals surface area contributed by atoms with Crippen molar-refractivity contribution in [1.29, 1.82) is 0 Å². The molecule has 1 heterocycles. The number of amides is 1. The number of thioether (sulfide) groups is 2. The summed E-state index contributed by atoms with van der Waals surface area (Å²) in [5.41, 5.74) is 0. The number of ether oxygens (including phenoxy) is 1. The van der Waals surface area contributed by atoms with E-state index in [1.165, 1.54) is 30.5 Å². The Kier molecular flexibility index (Phi) is 7.73. The minimum Gasteiger partial charge on any atom is -0.480 e. The first-order valence-electron chi connectivity index (χ1n) is 8.37. The number of likely N-dealkylation sites (tertiary alicyclic amines) is 1. The molecule has 0 aliphatic carbocycles. The highest BCUT2D eigenvalue weighted by Gasteiger charge is 2.39. The van der Waals surface area contributed by atoms with E-state index in [1.54, 1.807) is 24.3 Å². The lowest BCUT2D eigenvalue weighted by Gasteiger charge is -2.21. The second kappa shape index (κ2) is 9.80. The van der Waals surface area contributed by atoms with Gasteiger partial charge < -0.3 is 14.7 Å². The zero-order valence-electron chi connectivity index (χ0n) is 15.0. The lowest BCUT2D eigenvalue weighted by Crippen LogP contribution is -2.40. The second-order valence-corrected chi connectivity index (χ2v) is 8.68. The van der Waals surface area contributed by atoms with E-state index >= 15 is 0 Å². The number of carbonyl (C=O) groups excluding carboxylic acids is 3. The highest BCUT2D eigenvalue weighted by atomic mass is 32.2. The molecule has 1 amide bonds. The van der Waals surface area contributed by atoms with Crippen LogP contribution in [0.1, 0.15) is 26.7 Å². The molecule has 0 bridgehead atoms. The highest BCUT2D eigenvalue weighted by Crippen LogP contribution is 2.34. The number of rotatable bonds is 7. The molecule has 1 aromatic rings. The smallest absolute Gasteiger partial charge is 0.326 e. The van der Waals surface area contributed by atoms with Gasteiger partial charge in [-0.15, -0.1) is 11.8 Å². The van der Waals surface area contributed by atoms with Gasteiger partial charge in [0.25, 0.3) is 0 Å². The van der Waals surface area contributed by atoms with E-state index in [1.807, 2.05) is 0 Å². The van der Waals surface area contributed by atoms with Crippen LogP contribution < -0.4 is 4.74 Å². The predicted molar refractivity (Wildman–Crippen MR) is 103 cm³/mol. The largest absolute Gasteiger partial charge is 0.480 e. The van der Waals surface area contributed by atoms with Crippen LogP contribution in [0.2, 0.25) is 0 Å². The summed E-state index contributed by atoms with van der Waals surface area (Å²) in [5.74, 6) is -0.860. The van der Waals surface area contributed by atoms with Crippen LogP contribution >= 0.6 is 23.5 Å². The molecule has 0 unspecified atom stereocenters. The van der Waals surface area contributed by atoms with Gasteiger partial charge in [0.2, 0.25) is 5.91 Å². The summed E-state index contributed by atoms with van der Waals surface area (Å²) in [5, 5.41) is 9.33. The normalized spacial score (nSPS) is 19.0. The molecule has 9 heteroatoms. The van der Waals surface area contributed by atoms with E-state index in [9.17, 15) is 24.3 Å². The molecule has 2 atom stereocenters. The summed E-state index contributed by atoms with van der Waals surface area (Å²) in [7, 11) is 0. The fraction of sp³-hybridized carbons (Fsp3) is 0.444. The number of aliphatic carboxylic acids is 1. The minimum atomic E-state index is -1.02. The van der Waals surface area contributed by atoms with Crippen molar-refractivity contribution in [1.82, 2.24) is 4.90 Å². The van der Waals surface area contributed by atoms with Gasteiger partial charge in [-0.3, -0.25) is 14.4 Å². The highest BCUT2D eigenvalue weighted by molar-refractivity contribution is 8.13. The predicted octanol–water partition coefficient (Wildman–Crippen LogP) is 2.43. The van der Waals surface area contributed by atoms with Gasteiger partial charge in [-0.2, -0.15) is 0 Å². The van der Waals surface area contributed by atoms with Crippen LogP contribution in [0.15, 0.2) is 29.2 Å². The number of esters is 1. The maximum Gasteiger partial charge on any atom is 0.326 e. The molecular weight excluding hydrogens is 390 g/mol. The monoisotopic (exact) mass is 411 g/mol. The molecule has 1 fully saturated rings. The van der Waals surface area contributed by atoms with Gasteiger partial charge in [-0.25, -0.2) is 4.79 Å². The second-order valence-electron chi connectivity index (χ2n) is 6.03. The van der Waals surface area contributed by atoms with Gasteiger partial charge in [-0.1, -0.05) is 11.8 Å². The number of nitrogens with zero attached hydrogens (tertiary/aromatic N) is 1. The molecule has 1 aliphatic rings. The Hall–Kier alpha value is -2.00. The van der Waals surface area contributed by atoms with Crippen molar-refractivity contribution in [3.63, 3.8) is 0 Å². The molecule has 27 heavy (non-hydrogen) atoms. The zero-order valence-corrected chi connectivity index (χ0v) is 16.7. The molecular formula is C18H21NO6S2. The Morgan fingerprint density at radius 1 is 1.19 bits per heavy atom. The molecule has 1 saturated heterocycles. The lowest BCUT2D eigenvalue weighted by molar-refractivity contribution is -0.148. The van der Waals surface area contributed by atoms with E-state index < -0.39 is 18.0 Å². The molecule has 0 saturated carbocycles. The van der Waals surface area contributed by atoms with E-state index in [4.69, 9.17) is 4.74 Å². The van der Waals surface area contributed by atoms with Crippen LogP contribution in [0.4, 0.5) is 0 Å². The third kappa shape index (κ3) is 6.59. The topological polar surface area (TPSA) is 101 Å². The van der Waals surface area contributed by atoms with Crippen molar-refractivity contribution in [2.45, 2.75) is 42.9 Å². The van der Waals surface area contributed by atoms with E-state index in [-0.39, 0.29) is 22.7 Å². The third-order valence-corrected chi connectivity index (χ3v) is 5.91. The maximum absolute atomic E-state index is 12.4. The van der Waals surface area contributed by atoms with Crippen LogP contribution in [0.3, 0.4) is 0 Å². The van der Waals surface area contributed by atoms with E-state index in [0.29, 0.717) is 24.5 Å². The fourth-order valence-corrected chi connectivity index (χ4v) is 4.52. The van der Waals surface area contributed by atoms with Crippen LogP contribution in [-0.2, 0) is 19.2 Å². The molecule has 1 N–H and O–H groups in total. The lowest BCUT2D eigenvalue weighted by atomic mass is 10.2. The molecule has 0 radical (unpaired) electrons. The third-order valence-electron chi connectivity index (χ3n) is 3.88. The van der Waals surface area contributed by atoms with Gasteiger partial charge in [0, 0.05) is 42.7 Å². The number of hydrogen-bond donors (Lipinski definition) is 1. The minimum absolute atomic E-state index is 0.0462. The summed E-state index contributed by atoms with van der Waals surface area (Å²) in [6, 6.07) is 6.10. The van der Waals surface area contributed by atoms with Crippen molar-refractivity contribution in [2.24, 2.45) is 0 Å². The average molecular weight is 412 g/mol. The molecule has 2 rings (SSSR count). The fourth-order valence-electron chi connectivity index (χ4n) is 2.76. The maximum atomic E-state index is 12.4. The van der Waals surface area contributed by atoms with Gasteiger partial charge in [0.1, 0.15) is 11.8 Å². The zero-order chi connectivity index (χ0) is 20.0. The molecule has 0 aromatic heterocycles. The molecule has 7 nitrogen and oxygen atoms in total. The molecule has 146 valence electrons. The number of carboxylic acids is 1. The molecule has 1 aliphatic heterocycles. The Morgan fingerprint density at radius 2 is 1.85 bits per heavy atom. The average Bonchev–Trinajstić information content (AvgIpc) is 3.00. The van der Waals surface area contributed by atoms with Crippen LogP contribution in [0.25, 0.3) is 0 Å². The Bertz CT molecular complexity index is 721. The molecule has 1 aromatic carbocycles.